The average Bonchev–Trinajstić information content (AvgIpc) is 3.49. The zero-order chi connectivity index (χ0) is 21.6. The second-order valence-corrected chi connectivity index (χ2v) is 8.82. The average molecular weight is 441 g/mol. The molecule has 1 aliphatic carbocycles. The molecule has 0 aliphatic heterocycles. The van der Waals surface area contributed by atoms with E-state index in [-0.39, 0.29) is 30.2 Å². The number of halogens is 1. The number of hydrogen-bond donors (Lipinski definition) is 1. The van der Waals surface area contributed by atoms with Gasteiger partial charge in [-0.25, -0.2) is 4.39 Å². The van der Waals surface area contributed by atoms with Gasteiger partial charge in [0, 0.05) is 10.9 Å². The quantitative estimate of drug-likeness (QED) is 0.541. The second-order valence-electron chi connectivity index (χ2n) is 7.79. The molecule has 0 saturated heterocycles. The molecule has 2 amide bonds. The summed E-state index contributed by atoms with van der Waals surface area (Å²) < 4.78 is 19.0. The van der Waals surface area contributed by atoms with E-state index in [1.54, 1.807) is 24.3 Å². The van der Waals surface area contributed by atoms with E-state index in [0.29, 0.717) is 5.56 Å². The van der Waals surface area contributed by atoms with Gasteiger partial charge in [0.25, 0.3) is 5.91 Å². The molecule has 1 N–H and O–H groups in total. The first-order valence-corrected chi connectivity index (χ1v) is 11.4. The van der Waals surface area contributed by atoms with Crippen LogP contribution in [0.25, 0.3) is 0 Å². The van der Waals surface area contributed by atoms with Crippen molar-refractivity contribution >= 4 is 23.2 Å². The van der Waals surface area contributed by atoms with Crippen molar-refractivity contribution in [3.63, 3.8) is 0 Å². The molecule has 0 spiro atoms. The Labute approximate surface area is 184 Å². The molecular weight excluding hydrogens is 415 g/mol. The van der Waals surface area contributed by atoms with Gasteiger partial charge in [-0.3, -0.25) is 9.59 Å². The van der Waals surface area contributed by atoms with Crippen LogP contribution < -0.4 is 5.32 Å². The summed E-state index contributed by atoms with van der Waals surface area (Å²) in [7, 11) is 0. The number of nitrogens with zero attached hydrogens (tertiary/aromatic N) is 1. The molecule has 5 nitrogen and oxygen atoms in total. The molecule has 2 heterocycles. The lowest BCUT2D eigenvalue weighted by molar-refractivity contribution is -0.127. The minimum absolute atomic E-state index is 0.0894. The third-order valence-electron chi connectivity index (χ3n) is 5.60. The van der Waals surface area contributed by atoms with Crippen LogP contribution in [0, 0.1) is 5.82 Å². The highest BCUT2D eigenvalue weighted by molar-refractivity contribution is 7.09. The standard InChI is InChI=1S/C24H25FN2O3S/c25-18-12-10-17(11-13-18)22(23(28)26-19-6-2-1-3-7-19)27(16-20-8-5-15-31-20)24(29)21-9-4-14-30-21/h4-5,8-15,19,22H,1-3,6-7,16H2,(H,26,28)/t22-/m1/s1. The van der Waals surface area contributed by atoms with E-state index in [4.69, 9.17) is 4.42 Å². The Morgan fingerprint density at radius 1 is 1.10 bits per heavy atom. The minimum atomic E-state index is -0.901. The number of nitrogens with one attached hydrogen (secondary N) is 1. The van der Waals surface area contributed by atoms with Crippen LogP contribution in [0.1, 0.15) is 59.1 Å². The molecular formula is C24H25FN2O3S. The molecule has 4 rings (SSSR count). The van der Waals surface area contributed by atoms with Gasteiger partial charge in [-0.1, -0.05) is 37.5 Å². The zero-order valence-corrected chi connectivity index (χ0v) is 17.9. The molecule has 0 bridgehead atoms. The maximum absolute atomic E-state index is 13.6. The van der Waals surface area contributed by atoms with Crippen LogP contribution in [-0.4, -0.2) is 22.8 Å². The van der Waals surface area contributed by atoms with Crippen molar-refractivity contribution in [3.8, 4) is 0 Å². The van der Waals surface area contributed by atoms with E-state index in [1.165, 1.54) is 41.1 Å². The van der Waals surface area contributed by atoms with Gasteiger partial charge in [0.15, 0.2) is 5.76 Å². The maximum Gasteiger partial charge on any atom is 0.290 e. The number of rotatable bonds is 7. The van der Waals surface area contributed by atoms with E-state index in [2.05, 4.69) is 5.32 Å². The lowest BCUT2D eigenvalue weighted by atomic mass is 9.94. The summed E-state index contributed by atoms with van der Waals surface area (Å²) >= 11 is 1.51. The number of carbonyl (C=O) groups excluding carboxylic acids is 2. The molecule has 1 saturated carbocycles. The van der Waals surface area contributed by atoms with E-state index < -0.39 is 11.9 Å². The molecule has 7 heteroatoms. The van der Waals surface area contributed by atoms with Crippen molar-refractivity contribution in [2.75, 3.05) is 0 Å². The third kappa shape index (κ3) is 5.22. The first kappa shape index (κ1) is 21.3. The summed E-state index contributed by atoms with van der Waals surface area (Å²) in [5.41, 5.74) is 0.561. The van der Waals surface area contributed by atoms with Crippen molar-refractivity contribution in [2.45, 2.75) is 50.7 Å². The fourth-order valence-corrected chi connectivity index (χ4v) is 4.74. The fraction of sp³-hybridized carbons (Fsp3) is 0.333. The number of carbonyl (C=O) groups is 2. The van der Waals surface area contributed by atoms with Gasteiger partial charge in [0.2, 0.25) is 5.91 Å². The van der Waals surface area contributed by atoms with Gasteiger partial charge in [-0.05, 0) is 54.1 Å². The molecule has 1 aromatic carbocycles. The van der Waals surface area contributed by atoms with Gasteiger partial charge < -0.3 is 14.6 Å². The van der Waals surface area contributed by atoms with Crippen LogP contribution in [-0.2, 0) is 11.3 Å². The first-order chi connectivity index (χ1) is 15.1. The van der Waals surface area contributed by atoms with E-state index >= 15 is 0 Å². The number of furan rings is 1. The molecule has 1 aliphatic rings. The maximum atomic E-state index is 13.6. The predicted molar refractivity (Wildman–Crippen MR) is 117 cm³/mol. The van der Waals surface area contributed by atoms with Crippen molar-refractivity contribution < 1.29 is 18.4 Å². The molecule has 1 atom stereocenters. The van der Waals surface area contributed by atoms with Crippen molar-refractivity contribution in [1.29, 1.82) is 0 Å². The third-order valence-corrected chi connectivity index (χ3v) is 6.46. The molecule has 31 heavy (non-hydrogen) atoms. The Morgan fingerprint density at radius 3 is 2.52 bits per heavy atom. The van der Waals surface area contributed by atoms with Crippen LogP contribution in [0.3, 0.4) is 0 Å². The first-order valence-electron chi connectivity index (χ1n) is 10.5. The highest BCUT2D eigenvalue weighted by Gasteiger charge is 2.34. The van der Waals surface area contributed by atoms with Crippen molar-refractivity contribution in [2.24, 2.45) is 0 Å². The molecule has 162 valence electrons. The Bertz CT molecular complexity index is 981. The molecule has 0 radical (unpaired) electrons. The number of benzene rings is 1. The Hall–Kier alpha value is -2.93. The lowest BCUT2D eigenvalue weighted by Crippen LogP contribution is -2.46. The molecule has 1 fully saturated rings. The summed E-state index contributed by atoms with van der Waals surface area (Å²) in [5.74, 6) is -0.868. The van der Waals surface area contributed by atoms with Gasteiger partial charge in [-0.15, -0.1) is 11.3 Å². The van der Waals surface area contributed by atoms with E-state index in [0.717, 1.165) is 30.6 Å². The summed E-state index contributed by atoms with van der Waals surface area (Å²) in [4.78, 5) is 29.4. The smallest absolute Gasteiger partial charge is 0.290 e. The van der Waals surface area contributed by atoms with E-state index in [9.17, 15) is 14.0 Å². The summed E-state index contributed by atoms with van der Waals surface area (Å²) in [6.45, 7) is 0.247. The van der Waals surface area contributed by atoms with Gasteiger partial charge in [0.1, 0.15) is 11.9 Å². The topological polar surface area (TPSA) is 62.6 Å². The van der Waals surface area contributed by atoms with E-state index in [1.807, 2.05) is 17.5 Å². The normalized spacial score (nSPS) is 15.4. The molecule has 2 aromatic heterocycles. The number of thiophene rings is 1. The van der Waals surface area contributed by atoms with Crippen LogP contribution in [0.5, 0.6) is 0 Å². The number of amides is 2. The van der Waals surface area contributed by atoms with Gasteiger partial charge in [0.05, 0.1) is 12.8 Å². The lowest BCUT2D eigenvalue weighted by Gasteiger charge is -2.32. The minimum Gasteiger partial charge on any atom is -0.459 e. The van der Waals surface area contributed by atoms with Crippen molar-refractivity contribution in [1.82, 2.24) is 10.2 Å². The largest absolute Gasteiger partial charge is 0.459 e. The molecule has 0 unspecified atom stereocenters. The van der Waals surface area contributed by atoms with Crippen molar-refractivity contribution in [3.05, 3.63) is 82.2 Å². The second kappa shape index (κ2) is 9.92. The summed E-state index contributed by atoms with van der Waals surface area (Å²) in [5, 5.41) is 5.07. The Balaban J connectivity index is 1.70. The monoisotopic (exact) mass is 440 g/mol. The van der Waals surface area contributed by atoms with Crippen LogP contribution in [0.15, 0.2) is 64.6 Å². The highest BCUT2D eigenvalue weighted by atomic mass is 32.1. The van der Waals surface area contributed by atoms with Crippen LogP contribution in [0.2, 0.25) is 0 Å². The predicted octanol–water partition coefficient (Wildman–Crippen LogP) is 5.31. The van der Waals surface area contributed by atoms with Crippen LogP contribution >= 0.6 is 11.3 Å². The summed E-state index contributed by atoms with van der Waals surface area (Å²) in [6.07, 6.45) is 6.63. The number of hydrogen-bond acceptors (Lipinski definition) is 4. The van der Waals surface area contributed by atoms with Gasteiger partial charge in [-0.2, -0.15) is 0 Å². The highest BCUT2D eigenvalue weighted by Crippen LogP contribution is 2.28. The SMILES string of the molecule is O=C(NC1CCCCC1)[C@@H](c1ccc(F)cc1)N(Cc1cccs1)C(=O)c1ccco1. The van der Waals surface area contributed by atoms with Crippen LogP contribution in [0.4, 0.5) is 4.39 Å². The molecule has 3 aromatic rings. The Morgan fingerprint density at radius 2 is 1.87 bits per heavy atom. The van der Waals surface area contributed by atoms with Gasteiger partial charge >= 0.3 is 0 Å². The zero-order valence-electron chi connectivity index (χ0n) is 17.1. The summed E-state index contributed by atoms with van der Waals surface area (Å²) in [6, 6.07) is 12.0. The Kier molecular flexibility index (Phi) is 6.82. The fourth-order valence-electron chi connectivity index (χ4n) is 4.04.